The number of imidazole rings is 1. The lowest BCUT2D eigenvalue weighted by atomic mass is 10.1. The fourth-order valence-corrected chi connectivity index (χ4v) is 5.66. The van der Waals surface area contributed by atoms with Gasteiger partial charge in [-0.25, -0.2) is 18.2 Å². The van der Waals surface area contributed by atoms with Crippen molar-refractivity contribution in [1.82, 2.24) is 9.55 Å². The van der Waals surface area contributed by atoms with E-state index < -0.39 is 15.8 Å². The maximum absolute atomic E-state index is 12.6. The molecule has 2 N–H and O–H groups in total. The largest absolute Gasteiger partial charge is 0.465 e. The molecule has 0 amide bonds. The minimum atomic E-state index is -3.88. The number of hydrogen-bond donors (Lipinski definition) is 1. The zero-order valence-corrected chi connectivity index (χ0v) is 23.0. The number of nitrogen functional groups attached to an aromatic ring is 1. The molecular weight excluding hydrogens is 589 g/mol. The summed E-state index contributed by atoms with van der Waals surface area (Å²) in [5.41, 5.74) is 8.65. The van der Waals surface area contributed by atoms with Crippen molar-refractivity contribution < 1.29 is 17.9 Å². The topological polar surface area (TPSA) is 104 Å². The van der Waals surface area contributed by atoms with Crippen molar-refractivity contribution in [2.24, 2.45) is 0 Å². The van der Waals surface area contributed by atoms with Crippen LogP contribution < -0.4 is 5.73 Å². The number of sulfone groups is 1. The molecular formula is C25H20BrCl2N3O4S. The van der Waals surface area contributed by atoms with Gasteiger partial charge in [0.25, 0.3) is 0 Å². The molecule has 0 radical (unpaired) electrons. The maximum atomic E-state index is 12.6. The fourth-order valence-electron chi connectivity index (χ4n) is 3.83. The van der Waals surface area contributed by atoms with Gasteiger partial charge >= 0.3 is 5.97 Å². The number of rotatable bonds is 6. The fraction of sp³-hybridized carbons (Fsp3) is 0.120. The number of benzene rings is 3. The van der Waals surface area contributed by atoms with E-state index in [1.54, 1.807) is 35.0 Å². The predicted molar refractivity (Wildman–Crippen MR) is 145 cm³/mol. The molecule has 0 fully saturated rings. The van der Waals surface area contributed by atoms with Crippen molar-refractivity contribution in [2.75, 3.05) is 19.1 Å². The van der Waals surface area contributed by atoms with Crippen LogP contribution >= 0.6 is 39.1 Å². The van der Waals surface area contributed by atoms with Crippen molar-refractivity contribution >= 4 is 60.6 Å². The number of carbonyl (C=O) groups excluding carboxylic acids is 1. The first kappa shape index (κ1) is 26.2. The number of esters is 1. The van der Waals surface area contributed by atoms with Crippen LogP contribution in [0.5, 0.6) is 0 Å². The zero-order valence-electron chi connectivity index (χ0n) is 19.1. The van der Waals surface area contributed by atoms with Gasteiger partial charge in [-0.3, -0.25) is 0 Å². The van der Waals surface area contributed by atoms with Crippen LogP contribution in [0, 0.1) is 0 Å². The lowest BCUT2D eigenvalue weighted by Gasteiger charge is -2.16. The molecule has 36 heavy (non-hydrogen) atoms. The van der Waals surface area contributed by atoms with Gasteiger partial charge in [0.05, 0.1) is 34.8 Å². The molecule has 0 bridgehead atoms. The summed E-state index contributed by atoms with van der Waals surface area (Å²) in [7, 11) is -2.71. The number of nitrogens with zero attached hydrogens (tertiary/aromatic N) is 2. The first-order chi connectivity index (χ1) is 17.0. The highest BCUT2D eigenvalue weighted by atomic mass is 79.9. The Morgan fingerprint density at radius 2 is 1.81 bits per heavy atom. The van der Waals surface area contributed by atoms with Gasteiger partial charge in [-0.15, -0.1) is 0 Å². The summed E-state index contributed by atoms with van der Waals surface area (Å²) < 4.78 is 32.7. The highest BCUT2D eigenvalue weighted by Crippen LogP contribution is 2.35. The van der Waals surface area contributed by atoms with E-state index >= 15 is 0 Å². The Labute approximate surface area is 226 Å². The number of ether oxygens (including phenoxy) is 1. The van der Waals surface area contributed by atoms with Gasteiger partial charge in [-0.05, 0) is 48.0 Å². The molecule has 0 atom stereocenters. The predicted octanol–water partition coefficient (Wildman–Crippen LogP) is 5.97. The Hall–Kier alpha value is -2.85. The van der Waals surface area contributed by atoms with Crippen molar-refractivity contribution in [3.8, 4) is 16.9 Å². The molecule has 1 aromatic heterocycles. The summed E-state index contributed by atoms with van der Waals surface area (Å²) >= 11 is 15.9. The summed E-state index contributed by atoms with van der Waals surface area (Å²) in [6.45, 7) is 0. The Kier molecular flexibility index (Phi) is 7.47. The third-order valence-corrected chi connectivity index (χ3v) is 7.73. The Bertz CT molecular complexity index is 1590. The van der Waals surface area contributed by atoms with E-state index in [1.165, 1.54) is 13.2 Å². The summed E-state index contributed by atoms with van der Waals surface area (Å²) in [5, 5.41) is 0.895. The molecule has 11 heteroatoms. The van der Waals surface area contributed by atoms with Gasteiger partial charge in [-0.1, -0.05) is 51.3 Å². The van der Waals surface area contributed by atoms with E-state index in [1.807, 2.05) is 24.3 Å². The third-order valence-electron chi connectivity index (χ3n) is 5.47. The Balaban J connectivity index is 1.96. The van der Waals surface area contributed by atoms with E-state index in [-0.39, 0.29) is 16.1 Å². The van der Waals surface area contributed by atoms with Crippen LogP contribution in [0.3, 0.4) is 0 Å². The van der Waals surface area contributed by atoms with Crippen LogP contribution in [-0.4, -0.2) is 37.3 Å². The molecule has 0 unspecified atom stereocenters. The summed E-state index contributed by atoms with van der Waals surface area (Å²) in [6, 6.07) is 15.8. The molecule has 4 aromatic rings. The second-order valence-corrected chi connectivity index (χ2v) is 11.7. The van der Waals surface area contributed by atoms with E-state index in [9.17, 15) is 13.2 Å². The standard InChI is InChI=1S/C25H20BrCl2N3O4S/c1-35-25(32)18-9-10-21(23(29)24(18)36(2,33)34)31-13-20(17-8-7-16(27)12-19(17)28)30-22(31)11-14-3-5-15(26)6-4-14/h3-10,12-13H,11,29H2,1-2H3. The molecule has 0 saturated heterocycles. The number of anilines is 1. The molecule has 186 valence electrons. The average molecular weight is 609 g/mol. The normalized spacial score (nSPS) is 11.5. The molecule has 0 aliphatic heterocycles. The van der Waals surface area contributed by atoms with E-state index in [4.69, 9.17) is 38.7 Å². The van der Waals surface area contributed by atoms with Gasteiger partial charge in [0.2, 0.25) is 0 Å². The Morgan fingerprint density at radius 3 is 2.42 bits per heavy atom. The highest BCUT2D eigenvalue weighted by molar-refractivity contribution is 9.10. The summed E-state index contributed by atoms with van der Waals surface area (Å²) in [6.07, 6.45) is 3.12. The van der Waals surface area contributed by atoms with E-state index in [2.05, 4.69) is 15.9 Å². The molecule has 7 nitrogen and oxygen atoms in total. The number of nitrogens with two attached hydrogens (primary N) is 1. The van der Waals surface area contributed by atoms with Crippen molar-refractivity contribution in [3.05, 3.63) is 92.3 Å². The summed E-state index contributed by atoms with van der Waals surface area (Å²) in [4.78, 5) is 16.8. The average Bonchev–Trinajstić information content (AvgIpc) is 3.21. The number of hydrogen-bond acceptors (Lipinski definition) is 6. The van der Waals surface area contributed by atoms with E-state index in [0.29, 0.717) is 39.2 Å². The first-order valence-electron chi connectivity index (χ1n) is 10.5. The van der Waals surface area contributed by atoms with Crippen molar-refractivity contribution in [3.63, 3.8) is 0 Å². The lowest BCUT2D eigenvalue weighted by molar-refractivity contribution is 0.0596. The second-order valence-electron chi connectivity index (χ2n) is 7.98. The van der Waals surface area contributed by atoms with Crippen LogP contribution in [0.1, 0.15) is 21.7 Å². The van der Waals surface area contributed by atoms with Gasteiger partial charge in [0, 0.05) is 33.9 Å². The Morgan fingerprint density at radius 1 is 1.11 bits per heavy atom. The van der Waals surface area contributed by atoms with Crippen molar-refractivity contribution in [2.45, 2.75) is 11.3 Å². The third kappa shape index (κ3) is 5.29. The molecule has 3 aromatic carbocycles. The van der Waals surface area contributed by atoms with Crippen LogP contribution in [0.4, 0.5) is 5.69 Å². The zero-order chi connectivity index (χ0) is 26.2. The molecule has 0 aliphatic rings. The van der Waals surface area contributed by atoms with E-state index in [0.717, 1.165) is 16.3 Å². The first-order valence-corrected chi connectivity index (χ1v) is 13.9. The highest BCUT2D eigenvalue weighted by Gasteiger charge is 2.26. The van der Waals surface area contributed by atoms with Gasteiger partial charge < -0.3 is 15.0 Å². The number of carbonyl (C=O) groups is 1. The minimum absolute atomic E-state index is 0.0939. The van der Waals surface area contributed by atoms with Crippen LogP contribution in [0.2, 0.25) is 10.0 Å². The number of halogens is 3. The molecule has 4 rings (SSSR count). The minimum Gasteiger partial charge on any atom is -0.465 e. The quantitative estimate of drug-likeness (QED) is 0.214. The summed E-state index contributed by atoms with van der Waals surface area (Å²) in [5.74, 6) is -0.224. The lowest BCUT2D eigenvalue weighted by Crippen LogP contribution is -2.15. The number of aromatic nitrogens is 2. The molecule has 0 saturated carbocycles. The van der Waals surface area contributed by atoms with Crippen LogP contribution in [0.25, 0.3) is 16.9 Å². The van der Waals surface area contributed by atoms with Gasteiger partial charge in [-0.2, -0.15) is 0 Å². The monoisotopic (exact) mass is 607 g/mol. The SMILES string of the molecule is COC(=O)c1ccc(-n2cc(-c3ccc(Cl)cc3Cl)nc2Cc2ccc(Br)cc2)c(N)c1S(C)(=O)=O. The molecule has 0 aliphatic carbocycles. The van der Waals surface area contributed by atoms with Gasteiger partial charge in [0.1, 0.15) is 10.7 Å². The second kappa shape index (κ2) is 10.3. The van der Waals surface area contributed by atoms with Gasteiger partial charge in [0.15, 0.2) is 9.84 Å². The van der Waals surface area contributed by atoms with Crippen LogP contribution in [0.15, 0.2) is 70.2 Å². The van der Waals surface area contributed by atoms with Crippen LogP contribution in [-0.2, 0) is 21.0 Å². The maximum Gasteiger partial charge on any atom is 0.339 e. The molecule has 0 spiro atoms. The molecule has 1 heterocycles. The smallest absolute Gasteiger partial charge is 0.339 e. The number of methoxy groups -OCH3 is 1. The van der Waals surface area contributed by atoms with Crippen molar-refractivity contribution in [1.29, 1.82) is 0 Å².